The molecule has 0 spiro atoms. The van der Waals surface area contributed by atoms with Crippen molar-refractivity contribution in [1.29, 1.82) is 0 Å². The molecule has 2 heterocycles. The van der Waals surface area contributed by atoms with Gasteiger partial charge in [-0.1, -0.05) is 31.6 Å². The highest BCUT2D eigenvalue weighted by atomic mass is 16.2. The Kier molecular flexibility index (Phi) is 5.56. The summed E-state index contributed by atoms with van der Waals surface area (Å²) in [5, 5.41) is 6.92. The van der Waals surface area contributed by atoms with Gasteiger partial charge in [-0.3, -0.25) is 9.59 Å². The van der Waals surface area contributed by atoms with Crippen LogP contribution in [0.4, 0.5) is 0 Å². The number of hydrogen-bond acceptors (Lipinski definition) is 3. The molecule has 3 unspecified atom stereocenters. The molecular formula is C28H37N3O2. The van der Waals surface area contributed by atoms with Crippen LogP contribution in [0.3, 0.4) is 0 Å². The third-order valence-electron chi connectivity index (χ3n) is 9.31. The Bertz CT molecular complexity index is 960. The van der Waals surface area contributed by atoms with E-state index in [0.717, 1.165) is 47.5 Å². The summed E-state index contributed by atoms with van der Waals surface area (Å²) in [5.41, 5.74) is 3.96. The SMILES string of the molecule is C=C1CCC(N2Cc3cc(C[C@H]4CCCC[C@@H]4NC4CC5CCC5C4)ccc3C2=O)C(=O)N1. The van der Waals surface area contributed by atoms with Gasteiger partial charge >= 0.3 is 0 Å². The van der Waals surface area contributed by atoms with Crippen molar-refractivity contribution < 1.29 is 9.59 Å². The third kappa shape index (κ3) is 4.03. The standard InChI is InChI=1S/C28H37N3O2/c1-17-6-11-26(27(32)29-17)31-16-22-13-18(7-10-24(22)28(31)33)12-21-4-2-3-5-25(21)30-23-14-19-8-9-20(19)15-23/h7,10,13,19-21,23,25-26,30H,1-6,8-9,11-12,14-16H2,(H,29,32)/t19?,20?,21-,23?,25+,26?/m1/s1. The molecule has 0 aromatic heterocycles. The molecule has 33 heavy (non-hydrogen) atoms. The molecule has 5 atom stereocenters. The van der Waals surface area contributed by atoms with Crippen molar-refractivity contribution in [3.63, 3.8) is 0 Å². The molecule has 0 bridgehead atoms. The fourth-order valence-corrected chi connectivity index (χ4v) is 7.33. The van der Waals surface area contributed by atoms with Crippen molar-refractivity contribution in [2.45, 2.75) is 95.3 Å². The molecule has 3 saturated carbocycles. The lowest BCUT2D eigenvalue weighted by molar-refractivity contribution is -0.126. The van der Waals surface area contributed by atoms with Gasteiger partial charge in [-0.2, -0.15) is 0 Å². The minimum atomic E-state index is -0.382. The first-order valence-electron chi connectivity index (χ1n) is 13.2. The van der Waals surface area contributed by atoms with E-state index >= 15 is 0 Å². The van der Waals surface area contributed by atoms with E-state index in [4.69, 9.17) is 0 Å². The molecule has 4 fully saturated rings. The topological polar surface area (TPSA) is 61.4 Å². The number of nitrogens with zero attached hydrogens (tertiary/aromatic N) is 1. The Morgan fingerprint density at radius 3 is 2.58 bits per heavy atom. The summed E-state index contributed by atoms with van der Waals surface area (Å²) in [6.07, 6.45) is 13.5. The summed E-state index contributed by atoms with van der Waals surface area (Å²) in [4.78, 5) is 27.3. The maximum atomic E-state index is 13.0. The predicted octanol–water partition coefficient (Wildman–Crippen LogP) is 4.31. The number of rotatable bonds is 5. The van der Waals surface area contributed by atoms with E-state index in [2.05, 4.69) is 29.3 Å². The van der Waals surface area contributed by atoms with Crippen molar-refractivity contribution in [3.05, 3.63) is 47.2 Å². The van der Waals surface area contributed by atoms with Crippen LogP contribution >= 0.6 is 0 Å². The lowest BCUT2D eigenvalue weighted by atomic mass is 9.77. The lowest BCUT2D eigenvalue weighted by Gasteiger charge is -2.35. The lowest BCUT2D eigenvalue weighted by Crippen LogP contribution is -2.49. The minimum absolute atomic E-state index is 0.00251. The van der Waals surface area contributed by atoms with Crippen LogP contribution in [0.5, 0.6) is 0 Å². The first-order valence-corrected chi connectivity index (χ1v) is 13.2. The predicted molar refractivity (Wildman–Crippen MR) is 128 cm³/mol. The zero-order chi connectivity index (χ0) is 22.5. The largest absolute Gasteiger partial charge is 0.329 e. The van der Waals surface area contributed by atoms with Gasteiger partial charge in [-0.05, 0) is 92.7 Å². The zero-order valence-corrected chi connectivity index (χ0v) is 19.7. The Balaban J connectivity index is 1.12. The highest BCUT2D eigenvalue weighted by Crippen LogP contribution is 2.47. The molecule has 5 heteroatoms. The summed E-state index contributed by atoms with van der Waals surface area (Å²) in [6, 6.07) is 7.39. The second-order valence-corrected chi connectivity index (χ2v) is 11.4. The quantitative estimate of drug-likeness (QED) is 0.707. The van der Waals surface area contributed by atoms with Crippen LogP contribution in [0.1, 0.15) is 85.7 Å². The first-order chi connectivity index (χ1) is 16.0. The van der Waals surface area contributed by atoms with Gasteiger partial charge in [-0.25, -0.2) is 0 Å². The van der Waals surface area contributed by atoms with E-state index < -0.39 is 0 Å². The number of carbonyl (C=O) groups is 2. The smallest absolute Gasteiger partial charge is 0.255 e. The number of nitrogens with one attached hydrogen (secondary N) is 2. The second-order valence-electron chi connectivity index (χ2n) is 11.4. The van der Waals surface area contributed by atoms with Crippen molar-refractivity contribution in [2.75, 3.05) is 0 Å². The monoisotopic (exact) mass is 447 g/mol. The van der Waals surface area contributed by atoms with Crippen LogP contribution in [0.2, 0.25) is 0 Å². The van der Waals surface area contributed by atoms with Crippen LogP contribution in [-0.2, 0) is 17.8 Å². The normalized spacial score (nSPS) is 35.8. The van der Waals surface area contributed by atoms with Gasteiger partial charge in [0.2, 0.25) is 5.91 Å². The van der Waals surface area contributed by atoms with E-state index in [1.54, 1.807) is 4.90 Å². The molecule has 1 aromatic rings. The van der Waals surface area contributed by atoms with Crippen LogP contribution in [-0.4, -0.2) is 34.8 Å². The summed E-state index contributed by atoms with van der Waals surface area (Å²) in [7, 11) is 0. The average Bonchev–Trinajstić information content (AvgIpc) is 3.25. The molecule has 3 aliphatic carbocycles. The van der Waals surface area contributed by atoms with Crippen molar-refractivity contribution >= 4 is 11.8 Å². The van der Waals surface area contributed by atoms with Crippen LogP contribution in [0.15, 0.2) is 30.5 Å². The van der Waals surface area contributed by atoms with Gasteiger partial charge in [0.05, 0.1) is 0 Å². The molecule has 5 aliphatic rings. The number of fused-ring (bicyclic) bond motifs is 2. The Morgan fingerprint density at radius 1 is 1.03 bits per heavy atom. The minimum Gasteiger partial charge on any atom is -0.329 e. The third-order valence-corrected chi connectivity index (χ3v) is 9.31. The Morgan fingerprint density at radius 2 is 1.82 bits per heavy atom. The number of amides is 2. The van der Waals surface area contributed by atoms with E-state index in [9.17, 15) is 9.59 Å². The fraction of sp³-hybridized carbons (Fsp3) is 0.643. The number of benzene rings is 1. The maximum Gasteiger partial charge on any atom is 0.255 e. The number of piperidine rings is 1. The van der Waals surface area contributed by atoms with E-state index in [1.165, 1.54) is 56.9 Å². The molecule has 5 nitrogen and oxygen atoms in total. The van der Waals surface area contributed by atoms with Crippen LogP contribution in [0, 0.1) is 17.8 Å². The number of hydrogen-bond donors (Lipinski definition) is 2. The van der Waals surface area contributed by atoms with Crippen LogP contribution < -0.4 is 10.6 Å². The maximum absolute atomic E-state index is 13.0. The molecule has 2 amide bonds. The Labute approximate surface area is 197 Å². The van der Waals surface area contributed by atoms with Gasteiger partial charge in [0.1, 0.15) is 6.04 Å². The van der Waals surface area contributed by atoms with Gasteiger partial charge < -0.3 is 15.5 Å². The molecule has 176 valence electrons. The zero-order valence-electron chi connectivity index (χ0n) is 19.7. The summed E-state index contributed by atoms with van der Waals surface area (Å²) in [6.45, 7) is 4.40. The average molecular weight is 448 g/mol. The molecule has 1 aromatic carbocycles. The van der Waals surface area contributed by atoms with Crippen LogP contribution in [0.25, 0.3) is 0 Å². The van der Waals surface area contributed by atoms with E-state index in [0.29, 0.717) is 24.9 Å². The van der Waals surface area contributed by atoms with Gasteiger partial charge in [0.15, 0.2) is 0 Å². The van der Waals surface area contributed by atoms with E-state index in [1.807, 2.05) is 6.07 Å². The molecule has 2 N–H and O–H groups in total. The summed E-state index contributed by atoms with van der Waals surface area (Å²) >= 11 is 0. The number of carbonyl (C=O) groups excluding carboxylic acids is 2. The molecule has 2 aliphatic heterocycles. The van der Waals surface area contributed by atoms with Crippen molar-refractivity contribution in [1.82, 2.24) is 15.5 Å². The van der Waals surface area contributed by atoms with E-state index in [-0.39, 0.29) is 17.9 Å². The molecular weight excluding hydrogens is 410 g/mol. The molecule has 1 saturated heterocycles. The van der Waals surface area contributed by atoms with Gasteiger partial charge in [0.25, 0.3) is 5.91 Å². The molecule has 6 rings (SSSR count). The fourth-order valence-electron chi connectivity index (χ4n) is 7.33. The highest BCUT2D eigenvalue weighted by molar-refractivity contribution is 6.01. The first kappa shape index (κ1) is 21.4. The summed E-state index contributed by atoms with van der Waals surface area (Å²) in [5.74, 6) is 2.59. The number of allylic oxidation sites excluding steroid dienone is 1. The second kappa shape index (κ2) is 8.57. The summed E-state index contributed by atoms with van der Waals surface area (Å²) < 4.78 is 0. The highest BCUT2D eigenvalue weighted by Gasteiger charge is 2.42. The van der Waals surface area contributed by atoms with Gasteiger partial charge in [0, 0.05) is 29.9 Å². The molecule has 0 radical (unpaired) electrons. The van der Waals surface area contributed by atoms with Crippen molar-refractivity contribution in [3.8, 4) is 0 Å². The van der Waals surface area contributed by atoms with Crippen molar-refractivity contribution in [2.24, 2.45) is 17.8 Å². The van der Waals surface area contributed by atoms with Gasteiger partial charge in [-0.15, -0.1) is 0 Å². The Hall–Kier alpha value is -2.14.